The lowest BCUT2D eigenvalue weighted by atomic mass is 10.0. The number of hydrogen-bond donors (Lipinski definition) is 1. The Morgan fingerprint density at radius 1 is 1.08 bits per heavy atom. The van der Waals surface area contributed by atoms with E-state index in [0.717, 1.165) is 22.5 Å². The molecule has 0 atom stereocenters. The molecule has 0 bridgehead atoms. The van der Waals surface area contributed by atoms with Gasteiger partial charge >= 0.3 is 0 Å². The summed E-state index contributed by atoms with van der Waals surface area (Å²) in [4.78, 5) is 3.22. The molecule has 3 nitrogen and oxygen atoms in total. The fraction of sp³-hybridized carbons (Fsp3) is 0.158. The molecule has 0 unspecified atom stereocenters. The van der Waals surface area contributed by atoms with E-state index in [-0.39, 0.29) is 5.82 Å². The van der Waals surface area contributed by atoms with Gasteiger partial charge in [-0.15, -0.1) is 0 Å². The Kier molecular flexibility index (Phi) is 4.59. The highest BCUT2D eigenvalue weighted by Crippen LogP contribution is 2.32. The van der Waals surface area contributed by atoms with Crippen LogP contribution < -0.4 is 0 Å². The van der Waals surface area contributed by atoms with E-state index < -0.39 is 0 Å². The van der Waals surface area contributed by atoms with Crippen LogP contribution in [0.1, 0.15) is 12.0 Å². The topological polar surface area (TPSA) is 44.5 Å². The molecule has 1 N–H and O–H groups in total. The second-order valence-corrected chi connectivity index (χ2v) is 5.97. The van der Waals surface area contributed by atoms with Crippen LogP contribution >= 0.6 is 12.2 Å². The molecule has 0 spiro atoms. The smallest absolute Gasteiger partial charge is 0.178 e. The van der Waals surface area contributed by atoms with Gasteiger partial charge in [0.05, 0.1) is 23.9 Å². The van der Waals surface area contributed by atoms with E-state index >= 15 is 0 Å². The summed E-state index contributed by atoms with van der Waals surface area (Å²) in [6.07, 6.45) is 0.369. The Morgan fingerprint density at radius 2 is 1.71 bits per heavy atom. The summed E-state index contributed by atoms with van der Waals surface area (Å²) in [6.45, 7) is 2.54. The van der Waals surface area contributed by atoms with Gasteiger partial charge in [-0.2, -0.15) is 5.26 Å². The molecule has 0 radical (unpaired) electrons. The van der Waals surface area contributed by atoms with Crippen molar-refractivity contribution in [2.45, 2.75) is 19.9 Å². The van der Waals surface area contributed by atoms with Crippen molar-refractivity contribution in [2.24, 2.45) is 0 Å². The van der Waals surface area contributed by atoms with E-state index in [2.05, 4.69) is 11.1 Å². The first-order valence-electron chi connectivity index (χ1n) is 7.63. The number of aromatic nitrogens is 2. The number of H-pyrrole nitrogens is 1. The van der Waals surface area contributed by atoms with E-state index in [0.29, 0.717) is 17.7 Å². The Labute approximate surface area is 145 Å². The van der Waals surface area contributed by atoms with Crippen molar-refractivity contribution in [3.05, 3.63) is 64.7 Å². The van der Waals surface area contributed by atoms with Crippen molar-refractivity contribution in [1.82, 2.24) is 9.55 Å². The van der Waals surface area contributed by atoms with Gasteiger partial charge in [-0.1, -0.05) is 29.8 Å². The molecule has 3 aromatic rings. The van der Waals surface area contributed by atoms with Crippen LogP contribution in [-0.2, 0) is 6.54 Å². The largest absolute Gasteiger partial charge is 0.330 e. The van der Waals surface area contributed by atoms with Crippen molar-refractivity contribution in [2.75, 3.05) is 0 Å². The first-order chi connectivity index (χ1) is 11.6. The molecule has 5 heteroatoms. The average Bonchev–Trinajstić information content (AvgIpc) is 2.91. The van der Waals surface area contributed by atoms with Crippen LogP contribution in [-0.4, -0.2) is 9.55 Å². The summed E-state index contributed by atoms with van der Waals surface area (Å²) in [6, 6.07) is 16.6. The maximum absolute atomic E-state index is 13.2. The molecule has 0 saturated carbocycles. The fourth-order valence-corrected chi connectivity index (χ4v) is 2.97. The van der Waals surface area contributed by atoms with Crippen LogP contribution in [0, 0.1) is 28.8 Å². The first kappa shape index (κ1) is 16.2. The van der Waals surface area contributed by atoms with Crippen molar-refractivity contribution in [3.8, 4) is 28.6 Å². The Balaban J connectivity index is 2.22. The van der Waals surface area contributed by atoms with Crippen molar-refractivity contribution < 1.29 is 4.39 Å². The predicted octanol–water partition coefficient (Wildman–Crippen LogP) is 5.24. The number of nitriles is 1. The highest BCUT2D eigenvalue weighted by molar-refractivity contribution is 7.71. The summed E-state index contributed by atoms with van der Waals surface area (Å²) in [7, 11) is 0. The van der Waals surface area contributed by atoms with Crippen LogP contribution in [0.5, 0.6) is 0 Å². The Hall–Kier alpha value is -2.71. The van der Waals surface area contributed by atoms with E-state index in [4.69, 9.17) is 17.5 Å². The number of rotatable bonds is 4. The van der Waals surface area contributed by atoms with Crippen LogP contribution in [0.3, 0.4) is 0 Å². The third-order valence-corrected chi connectivity index (χ3v) is 4.21. The number of hydrogen-bond acceptors (Lipinski definition) is 2. The summed E-state index contributed by atoms with van der Waals surface area (Å²) >= 11 is 5.45. The van der Waals surface area contributed by atoms with Gasteiger partial charge in [0, 0.05) is 17.7 Å². The number of imidazole rings is 1. The molecule has 0 amide bonds. The monoisotopic (exact) mass is 337 g/mol. The van der Waals surface area contributed by atoms with Crippen molar-refractivity contribution >= 4 is 12.2 Å². The SMILES string of the molecule is Cc1ccc(-c2c(-c3ccc(F)cc3)[nH]c(=S)n2CCC#N)cc1. The molecular weight excluding hydrogens is 321 g/mol. The first-order valence-corrected chi connectivity index (χ1v) is 8.03. The fourth-order valence-electron chi connectivity index (χ4n) is 2.68. The molecule has 0 saturated heterocycles. The molecule has 1 aromatic heterocycles. The van der Waals surface area contributed by atoms with Gasteiger partial charge in [-0.25, -0.2) is 4.39 Å². The third-order valence-electron chi connectivity index (χ3n) is 3.89. The zero-order valence-corrected chi connectivity index (χ0v) is 14.0. The lowest BCUT2D eigenvalue weighted by Crippen LogP contribution is -2.00. The van der Waals surface area contributed by atoms with E-state index in [9.17, 15) is 4.39 Å². The van der Waals surface area contributed by atoms with E-state index in [1.165, 1.54) is 17.7 Å². The van der Waals surface area contributed by atoms with Gasteiger partial charge in [0.1, 0.15) is 5.82 Å². The number of nitrogens with zero attached hydrogens (tertiary/aromatic N) is 2. The quantitative estimate of drug-likeness (QED) is 0.662. The second-order valence-electron chi connectivity index (χ2n) is 5.59. The maximum atomic E-state index is 13.2. The summed E-state index contributed by atoms with van der Waals surface area (Å²) in [5.41, 5.74) is 4.78. The van der Waals surface area contributed by atoms with E-state index in [1.54, 1.807) is 12.1 Å². The van der Waals surface area contributed by atoms with Crippen LogP contribution in [0.4, 0.5) is 4.39 Å². The molecule has 24 heavy (non-hydrogen) atoms. The second kappa shape index (κ2) is 6.81. The third kappa shape index (κ3) is 3.15. The zero-order valence-electron chi connectivity index (χ0n) is 13.2. The van der Waals surface area contributed by atoms with Gasteiger partial charge in [0.2, 0.25) is 0 Å². The van der Waals surface area contributed by atoms with Crippen LogP contribution in [0.2, 0.25) is 0 Å². The Morgan fingerprint density at radius 3 is 2.33 bits per heavy atom. The Bertz CT molecular complexity index is 944. The molecule has 0 aliphatic rings. The maximum Gasteiger partial charge on any atom is 0.178 e. The molecular formula is C19H16FN3S. The summed E-state index contributed by atoms with van der Waals surface area (Å²) < 4.78 is 15.7. The lowest BCUT2D eigenvalue weighted by molar-refractivity contribution is 0.628. The van der Waals surface area contributed by atoms with Gasteiger partial charge in [0.15, 0.2) is 4.77 Å². The molecule has 2 aromatic carbocycles. The lowest BCUT2D eigenvalue weighted by Gasteiger charge is -2.10. The summed E-state index contributed by atoms with van der Waals surface area (Å²) in [5, 5.41) is 8.92. The number of aromatic amines is 1. The highest BCUT2D eigenvalue weighted by Gasteiger charge is 2.15. The minimum atomic E-state index is -0.279. The zero-order chi connectivity index (χ0) is 17.1. The highest BCUT2D eigenvalue weighted by atomic mass is 32.1. The number of halogens is 1. The average molecular weight is 337 g/mol. The van der Waals surface area contributed by atoms with E-state index in [1.807, 2.05) is 35.8 Å². The molecule has 0 aliphatic heterocycles. The van der Waals surface area contributed by atoms with Crippen molar-refractivity contribution in [3.63, 3.8) is 0 Å². The molecule has 120 valence electrons. The normalized spacial score (nSPS) is 10.5. The summed E-state index contributed by atoms with van der Waals surface area (Å²) in [5.74, 6) is -0.279. The van der Waals surface area contributed by atoms with Gasteiger partial charge < -0.3 is 9.55 Å². The minimum absolute atomic E-state index is 0.279. The van der Waals surface area contributed by atoms with Gasteiger partial charge in [-0.05, 0) is 43.4 Å². The number of benzene rings is 2. The number of nitrogens with one attached hydrogen (secondary N) is 1. The molecule has 1 heterocycles. The molecule has 0 fully saturated rings. The molecule has 3 rings (SSSR count). The van der Waals surface area contributed by atoms with Crippen molar-refractivity contribution in [1.29, 1.82) is 5.26 Å². The predicted molar refractivity (Wildman–Crippen MR) is 95.4 cm³/mol. The standard InChI is InChI=1S/C19H16FN3S/c1-13-3-5-15(6-4-13)18-17(14-7-9-16(20)10-8-14)22-19(24)23(18)12-2-11-21/h3-10H,2,12H2,1H3,(H,22,24). The van der Waals surface area contributed by atoms with Crippen LogP contribution in [0.15, 0.2) is 48.5 Å². The minimum Gasteiger partial charge on any atom is -0.330 e. The van der Waals surface area contributed by atoms with Gasteiger partial charge in [-0.3, -0.25) is 0 Å². The van der Waals surface area contributed by atoms with Crippen LogP contribution in [0.25, 0.3) is 22.5 Å². The van der Waals surface area contributed by atoms with Gasteiger partial charge in [0.25, 0.3) is 0 Å². The number of aryl methyl sites for hydroxylation is 1. The molecule has 0 aliphatic carbocycles.